The standard InChI is InChI=1S/C21H22N2O3/c1-23(15-18-12-13-26-22-18)21(24)14-20(16-6-4-3-5-7-16)17-8-10-19(25-2)11-9-17/h3-13,20H,14-15H2,1-2H3. The molecule has 3 rings (SSSR count). The van der Waals surface area contributed by atoms with Gasteiger partial charge in [0.1, 0.15) is 17.7 Å². The van der Waals surface area contributed by atoms with Gasteiger partial charge in [-0.15, -0.1) is 0 Å². The molecule has 0 fully saturated rings. The third kappa shape index (κ3) is 4.30. The molecule has 3 aromatic rings. The van der Waals surface area contributed by atoms with Crippen LogP contribution < -0.4 is 4.74 Å². The molecule has 1 heterocycles. The van der Waals surface area contributed by atoms with E-state index in [1.807, 2.05) is 42.5 Å². The molecule has 0 saturated carbocycles. The molecular formula is C21H22N2O3. The van der Waals surface area contributed by atoms with Crippen LogP contribution in [-0.2, 0) is 11.3 Å². The minimum Gasteiger partial charge on any atom is -0.497 e. The highest BCUT2D eigenvalue weighted by atomic mass is 16.5. The van der Waals surface area contributed by atoms with E-state index < -0.39 is 0 Å². The van der Waals surface area contributed by atoms with Crippen LogP contribution in [0.1, 0.15) is 29.2 Å². The SMILES string of the molecule is COc1ccc(C(CC(=O)N(C)Cc2ccon2)c2ccccc2)cc1. The fourth-order valence-corrected chi connectivity index (χ4v) is 2.93. The van der Waals surface area contributed by atoms with E-state index in [0.29, 0.717) is 13.0 Å². The quantitative estimate of drug-likeness (QED) is 0.649. The Bertz CT molecular complexity index is 814. The van der Waals surface area contributed by atoms with E-state index in [9.17, 15) is 4.79 Å². The van der Waals surface area contributed by atoms with Crippen LogP contribution in [0.4, 0.5) is 0 Å². The lowest BCUT2D eigenvalue weighted by Gasteiger charge is -2.22. The number of methoxy groups -OCH3 is 1. The second-order valence-electron chi connectivity index (χ2n) is 6.18. The normalized spacial score (nSPS) is 11.8. The zero-order valence-corrected chi connectivity index (χ0v) is 15.0. The highest BCUT2D eigenvalue weighted by molar-refractivity contribution is 5.77. The number of carbonyl (C=O) groups is 1. The summed E-state index contributed by atoms with van der Waals surface area (Å²) in [6, 6.07) is 19.7. The fraction of sp³-hybridized carbons (Fsp3) is 0.238. The molecule has 2 aromatic carbocycles. The first-order chi connectivity index (χ1) is 12.7. The van der Waals surface area contributed by atoms with E-state index in [-0.39, 0.29) is 11.8 Å². The Labute approximate surface area is 153 Å². The summed E-state index contributed by atoms with van der Waals surface area (Å²) in [6.07, 6.45) is 1.89. The molecule has 1 amide bonds. The summed E-state index contributed by atoms with van der Waals surface area (Å²) in [5.41, 5.74) is 2.93. The maximum Gasteiger partial charge on any atom is 0.223 e. The van der Waals surface area contributed by atoms with Crippen molar-refractivity contribution in [2.24, 2.45) is 0 Å². The van der Waals surface area contributed by atoms with Gasteiger partial charge in [-0.25, -0.2) is 0 Å². The van der Waals surface area contributed by atoms with Gasteiger partial charge in [0.25, 0.3) is 0 Å². The zero-order valence-electron chi connectivity index (χ0n) is 15.0. The van der Waals surface area contributed by atoms with E-state index in [2.05, 4.69) is 17.3 Å². The molecule has 0 radical (unpaired) electrons. The molecule has 0 N–H and O–H groups in total. The number of rotatable bonds is 7. The average Bonchev–Trinajstić information content (AvgIpc) is 3.19. The second kappa shape index (κ2) is 8.34. The Kier molecular flexibility index (Phi) is 5.69. The second-order valence-corrected chi connectivity index (χ2v) is 6.18. The van der Waals surface area contributed by atoms with Crippen LogP contribution in [-0.4, -0.2) is 30.1 Å². The van der Waals surface area contributed by atoms with Gasteiger partial charge in [-0.3, -0.25) is 4.79 Å². The van der Waals surface area contributed by atoms with Crippen molar-refractivity contribution >= 4 is 5.91 Å². The Hall–Kier alpha value is -3.08. The van der Waals surface area contributed by atoms with Gasteiger partial charge in [0, 0.05) is 25.5 Å². The van der Waals surface area contributed by atoms with Crippen LogP contribution in [0.2, 0.25) is 0 Å². The zero-order chi connectivity index (χ0) is 18.4. The lowest BCUT2D eigenvalue weighted by molar-refractivity contribution is -0.130. The summed E-state index contributed by atoms with van der Waals surface area (Å²) in [5.74, 6) is 0.835. The molecule has 0 aliphatic heterocycles. The van der Waals surface area contributed by atoms with Gasteiger partial charge in [0.2, 0.25) is 5.91 Å². The molecule has 0 spiro atoms. The van der Waals surface area contributed by atoms with Gasteiger partial charge in [0.05, 0.1) is 13.7 Å². The number of amides is 1. The number of carbonyl (C=O) groups excluding carboxylic acids is 1. The Morgan fingerprint density at radius 2 is 1.77 bits per heavy atom. The van der Waals surface area contributed by atoms with Crippen molar-refractivity contribution in [2.75, 3.05) is 14.2 Å². The van der Waals surface area contributed by atoms with E-state index in [1.54, 1.807) is 25.1 Å². The van der Waals surface area contributed by atoms with Crippen molar-refractivity contribution in [2.45, 2.75) is 18.9 Å². The van der Waals surface area contributed by atoms with Crippen LogP contribution in [0.25, 0.3) is 0 Å². The van der Waals surface area contributed by atoms with Crippen molar-refractivity contribution in [3.05, 3.63) is 83.7 Å². The summed E-state index contributed by atoms with van der Waals surface area (Å²) >= 11 is 0. The summed E-state index contributed by atoms with van der Waals surface area (Å²) in [4.78, 5) is 14.5. The number of nitrogens with zero attached hydrogens (tertiary/aromatic N) is 2. The fourth-order valence-electron chi connectivity index (χ4n) is 2.93. The van der Waals surface area contributed by atoms with Crippen LogP contribution >= 0.6 is 0 Å². The lowest BCUT2D eigenvalue weighted by atomic mass is 9.88. The maximum atomic E-state index is 12.8. The minimum atomic E-state index is -0.0191. The predicted octanol–water partition coefficient (Wildman–Crippen LogP) is 3.86. The topological polar surface area (TPSA) is 55.6 Å². The average molecular weight is 350 g/mol. The number of ether oxygens (including phenoxy) is 1. The lowest BCUT2D eigenvalue weighted by Crippen LogP contribution is -2.28. The molecule has 1 aromatic heterocycles. The minimum absolute atomic E-state index is 0.0191. The van der Waals surface area contributed by atoms with Crippen LogP contribution in [0.3, 0.4) is 0 Å². The van der Waals surface area contributed by atoms with E-state index in [1.165, 1.54) is 6.26 Å². The molecule has 1 atom stereocenters. The molecule has 26 heavy (non-hydrogen) atoms. The maximum absolute atomic E-state index is 12.8. The van der Waals surface area contributed by atoms with Crippen molar-refractivity contribution in [3.8, 4) is 5.75 Å². The van der Waals surface area contributed by atoms with E-state index in [0.717, 1.165) is 22.6 Å². The first kappa shape index (κ1) is 17.7. The summed E-state index contributed by atoms with van der Waals surface area (Å²) in [6.45, 7) is 0.430. The molecule has 0 aliphatic carbocycles. The number of hydrogen-bond acceptors (Lipinski definition) is 4. The third-order valence-electron chi connectivity index (χ3n) is 4.42. The molecule has 134 valence electrons. The van der Waals surface area contributed by atoms with Crippen LogP contribution in [0.5, 0.6) is 5.75 Å². The van der Waals surface area contributed by atoms with Crippen LogP contribution in [0, 0.1) is 0 Å². The molecular weight excluding hydrogens is 328 g/mol. The number of benzene rings is 2. The van der Waals surface area contributed by atoms with Crippen molar-refractivity contribution in [3.63, 3.8) is 0 Å². The highest BCUT2D eigenvalue weighted by Gasteiger charge is 2.21. The molecule has 1 unspecified atom stereocenters. The smallest absolute Gasteiger partial charge is 0.223 e. The highest BCUT2D eigenvalue weighted by Crippen LogP contribution is 2.30. The molecule has 0 bridgehead atoms. The van der Waals surface area contributed by atoms with Gasteiger partial charge in [-0.1, -0.05) is 47.6 Å². The van der Waals surface area contributed by atoms with Crippen molar-refractivity contribution in [1.29, 1.82) is 0 Å². The monoisotopic (exact) mass is 350 g/mol. The summed E-state index contributed by atoms with van der Waals surface area (Å²) in [7, 11) is 3.43. The number of aromatic nitrogens is 1. The first-order valence-corrected chi connectivity index (χ1v) is 8.49. The van der Waals surface area contributed by atoms with Gasteiger partial charge < -0.3 is 14.2 Å². The van der Waals surface area contributed by atoms with E-state index in [4.69, 9.17) is 9.26 Å². The van der Waals surface area contributed by atoms with Crippen molar-refractivity contribution < 1.29 is 14.1 Å². The Morgan fingerprint density at radius 3 is 2.38 bits per heavy atom. The molecule has 0 aliphatic rings. The number of hydrogen-bond donors (Lipinski definition) is 0. The Morgan fingerprint density at radius 1 is 1.08 bits per heavy atom. The van der Waals surface area contributed by atoms with Gasteiger partial charge in [-0.05, 0) is 23.3 Å². The van der Waals surface area contributed by atoms with Gasteiger partial charge in [0.15, 0.2) is 0 Å². The molecule has 5 nitrogen and oxygen atoms in total. The Balaban J connectivity index is 1.80. The molecule has 0 saturated heterocycles. The van der Waals surface area contributed by atoms with Gasteiger partial charge in [-0.2, -0.15) is 0 Å². The van der Waals surface area contributed by atoms with Crippen LogP contribution in [0.15, 0.2) is 71.4 Å². The summed E-state index contributed by atoms with van der Waals surface area (Å²) in [5, 5.41) is 3.87. The van der Waals surface area contributed by atoms with Gasteiger partial charge >= 0.3 is 0 Å². The third-order valence-corrected chi connectivity index (χ3v) is 4.42. The van der Waals surface area contributed by atoms with E-state index >= 15 is 0 Å². The molecule has 5 heteroatoms. The predicted molar refractivity (Wildman–Crippen MR) is 98.9 cm³/mol. The summed E-state index contributed by atoms with van der Waals surface area (Å²) < 4.78 is 10.1. The largest absolute Gasteiger partial charge is 0.497 e. The first-order valence-electron chi connectivity index (χ1n) is 8.49. The van der Waals surface area contributed by atoms with Crippen molar-refractivity contribution in [1.82, 2.24) is 10.1 Å².